The zero-order valence-corrected chi connectivity index (χ0v) is 12.2. The number of aliphatic hydroxyl groups excluding tert-OH is 1. The van der Waals surface area contributed by atoms with Gasteiger partial charge in [-0.25, -0.2) is 4.39 Å². The van der Waals surface area contributed by atoms with E-state index in [-0.39, 0.29) is 5.75 Å². The van der Waals surface area contributed by atoms with Gasteiger partial charge in [0.1, 0.15) is 6.61 Å². The first kappa shape index (κ1) is 15.2. The molecule has 1 fully saturated rings. The summed E-state index contributed by atoms with van der Waals surface area (Å²) in [6.45, 7) is 7.10. The van der Waals surface area contributed by atoms with E-state index in [1.807, 2.05) is 0 Å². The molecule has 2 rings (SSSR count). The minimum absolute atomic E-state index is 0.253. The normalized spacial score (nSPS) is 19.0. The Hall–Kier alpha value is -1.17. The molecule has 0 radical (unpaired) electrons. The van der Waals surface area contributed by atoms with Crippen LogP contribution in [0.5, 0.6) is 5.75 Å². The lowest BCUT2D eigenvalue weighted by atomic mass is 10.1. The van der Waals surface area contributed by atoms with Crippen LogP contribution in [0.2, 0.25) is 0 Å². The van der Waals surface area contributed by atoms with Crippen LogP contribution < -0.4 is 4.74 Å². The maximum absolute atomic E-state index is 13.8. The van der Waals surface area contributed by atoms with Crippen LogP contribution in [0, 0.1) is 5.82 Å². The summed E-state index contributed by atoms with van der Waals surface area (Å²) in [5.41, 5.74) is 0.564. The van der Waals surface area contributed by atoms with Crippen molar-refractivity contribution < 1.29 is 14.2 Å². The minimum atomic E-state index is -0.663. The molecule has 112 valence electrons. The maximum atomic E-state index is 13.8. The van der Waals surface area contributed by atoms with Gasteiger partial charge in [0.05, 0.1) is 6.10 Å². The molecule has 0 aliphatic carbocycles. The van der Waals surface area contributed by atoms with E-state index < -0.39 is 11.9 Å². The fourth-order valence-corrected chi connectivity index (χ4v) is 2.25. The molecule has 0 aromatic heterocycles. The first-order chi connectivity index (χ1) is 9.56. The Balaban J connectivity index is 1.79. The van der Waals surface area contributed by atoms with Crippen molar-refractivity contribution in [1.82, 2.24) is 9.80 Å². The first-order valence-corrected chi connectivity index (χ1v) is 7.07. The van der Waals surface area contributed by atoms with Gasteiger partial charge in [0.2, 0.25) is 0 Å². The van der Waals surface area contributed by atoms with Gasteiger partial charge >= 0.3 is 0 Å². The minimum Gasteiger partial charge on any atom is -0.489 e. The highest BCUT2D eigenvalue weighted by Gasteiger charge is 2.14. The molecule has 1 aromatic rings. The number of rotatable bonds is 5. The van der Waals surface area contributed by atoms with Crippen molar-refractivity contribution in [1.29, 1.82) is 0 Å². The van der Waals surface area contributed by atoms with Gasteiger partial charge < -0.3 is 14.7 Å². The van der Waals surface area contributed by atoms with Gasteiger partial charge in [0.15, 0.2) is 11.6 Å². The number of aliphatic hydroxyl groups is 1. The molecule has 4 nitrogen and oxygen atoms in total. The van der Waals surface area contributed by atoms with Crippen molar-refractivity contribution in [3.63, 3.8) is 0 Å². The van der Waals surface area contributed by atoms with Gasteiger partial charge in [-0.2, -0.15) is 0 Å². The van der Waals surface area contributed by atoms with E-state index in [2.05, 4.69) is 16.8 Å². The van der Waals surface area contributed by atoms with Crippen LogP contribution in [-0.2, 0) is 0 Å². The van der Waals surface area contributed by atoms with Gasteiger partial charge in [0.25, 0.3) is 0 Å². The Bertz CT molecular complexity index is 432. The molecule has 0 bridgehead atoms. The summed E-state index contributed by atoms with van der Waals surface area (Å²) in [5.74, 6) is -0.162. The van der Waals surface area contributed by atoms with Crippen LogP contribution in [0.3, 0.4) is 0 Å². The third kappa shape index (κ3) is 4.16. The molecule has 1 heterocycles. The summed E-state index contributed by atoms with van der Waals surface area (Å²) < 4.78 is 19.3. The van der Waals surface area contributed by atoms with E-state index in [9.17, 15) is 9.50 Å². The predicted octanol–water partition coefficient (Wildman–Crippen LogP) is 1.51. The second kappa shape index (κ2) is 7.02. The van der Waals surface area contributed by atoms with Crippen molar-refractivity contribution in [2.75, 3.05) is 46.4 Å². The molecule has 0 amide bonds. The highest BCUT2D eigenvalue weighted by Crippen LogP contribution is 2.21. The highest BCUT2D eigenvalue weighted by atomic mass is 19.1. The zero-order chi connectivity index (χ0) is 14.5. The summed E-state index contributed by atoms with van der Waals surface area (Å²) in [7, 11) is 2.12. The summed E-state index contributed by atoms with van der Waals surface area (Å²) in [6, 6.07) is 4.61. The second-order valence-electron chi connectivity index (χ2n) is 5.36. The molecule has 0 spiro atoms. The zero-order valence-electron chi connectivity index (χ0n) is 12.2. The van der Waals surface area contributed by atoms with Crippen LogP contribution in [0.25, 0.3) is 0 Å². The Morgan fingerprint density at radius 3 is 2.60 bits per heavy atom. The van der Waals surface area contributed by atoms with E-state index in [4.69, 9.17) is 4.74 Å². The Morgan fingerprint density at radius 2 is 2.00 bits per heavy atom. The molecular formula is C15H23FN2O2. The van der Waals surface area contributed by atoms with Gasteiger partial charge in [-0.3, -0.25) is 4.90 Å². The van der Waals surface area contributed by atoms with Crippen molar-refractivity contribution in [2.24, 2.45) is 0 Å². The van der Waals surface area contributed by atoms with Crippen LogP contribution in [0.4, 0.5) is 4.39 Å². The Labute approximate surface area is 119 Å². The number of likely N-dealkylation sites (N-methyl/N-ethyl adjacent to an activating group) is 1. The fourth-order valence-electron chi connectivity index (χ4n) is 2.25. The number of ether oxygens (including phenoxy) is 1. The number of hydrogen-bond donors (Lipinski definition) is 1. The average molecular weight is 282 g/mol. The number of nitrogens with zero attached hydrogens (tertiary/aromatic N) is 2. The SMILES string of the molecule is CC(O)c1ccc(OCCN2CCN(C)CC2)c(F)c1. The van der Waals surface area contributed by atoms with E-state index in [1.165, 1.54) is 6.07 Å². The number of hydrogen-bond acceptors (Lipinski definition) is 4. The summed E-state index contributed by atoms with van der Waals surface area (Å²) in [5, 5.41) is 9.39. The molecule has 1 aliphatic rings. The number of halogens is 1. The molecule has 0 saturated carbocycles. The van der Waals surface area contributed by atoms with Crippen molar-refractivity contribution >= 4 is 0 Å². The van der Waals surface area contributed by atoms with Crippen LogP contribution in [0.1, 0.15) is 18.6 Å². The number of piperazine rings is 1. The van der Waals surface area contributed by atoms with Gasteiger partial charge in [0, 0.05) is 32.7 Å². The molecule has 1 N–H and O–H groups in total. The third-order valence-corrected chi connectivity index (χ3v) is 3.70. The lowest BCUT2D eigenvalue weighted by Crippen LogP contribution is -2.45. The van der Waals surface area contributed by atoms with Crippen LogP contribution >= 0.6 is 0 Å². The highest BCUT2D eigenvalue weighted by molar-refractivity contribution is 5.30. The van der Waals surface area contributed by atoms with Gasteiger partial charge in [-0.05, 0) is 31.7 Å². The summed E-state index contributed by atoms with van der Waals surface area (Å²) >= 11 is 0. The fraction of sp³-hybridized carbons (Fsp3) is 0.600. The summed E-state index contributed by atoms with van der Waals surface area (Å²) in [6.07, 6.45) is -0.663. The average Bonchev–Trinajstić information content (AvgIpc) is 2.42. The van der Waals surface area contributed by atoms with Gasteiger partial charge in [-0.1, -0.05) is 6.07 Å². The van der Waals surface area contributed by atoms with Crippen LogP contribution in [-0.4, -0.2) is 61.3 Å². The molecule has 5 heteroatoms. The third-order valence-electron chi connectivity index (χ3n) is 3.70. The molecule has 1 aromatic carbocycles. The van der Waals surface area contributed by atoms with E-state index in [0.29, 0.717) is 12.2 Å². The quantitative estimate of drug-likeness (QED) is 0.888. The maximum Gasteiger partial charge on any atom is 0.165 e. The number of benzene rings is 1. The molecule has 1 atom stereocenters. The molecule has 1 aliphatic heterocycles. The van der Waals surface area contributed by atoms with Gasteiger partial charge in [-0.15, -0.1) is 0 Å². The smallest absolute Gasteiger partial charge is 0.165 e. The van der Waals surface area contributed by atoms with Crippen molar-refractivity contribution in [3.8, 4) is 5.75 Å². The Kier molecular flexibility index (Phi) is 5.34. The predicted molar refractivity (Wildman–Crippen MR) is 76.5 cm³/mol. The topological polar surface area (TPSA) is 35.9 Å². The lowest BCUT2D eigenvalue weighted by molar-refractivity contribution is 0.132. The van der Waals surface area contributed by atoms with E-state index in [0.717, 1.165) is 32.7 Å². The molecule has 20 heavy (non-hydrogen) atoms. The monoisotopic (exact) mass is 282 g/mol. The first-order valence-electron chi connectivity index (χ1n) is 7.07. The van der Waals surface area contributed by atoms with Crippen molar-refractivity contribution in [3.05, 3.63) is 29.6 Å². The second-order valence-corrected chi connectivity index (χ2v) is 5.36. The Morgan fingerprint density at radius 1 is 1.30 bits per heavy atom. The van der Waals surface area contributed by atoms with E-state index in [1.54, 1.807) is 19.1 Å². The molecule has 1 saturated heterocycles. The van der Waals surface area contributed by atoms with Crippen molar-refractivity contribution in [2.45, 2.75) is 13.0 Å². The molecular weight excluding hydrogens is 259 g/mol. The largest absolute Gasteiger partial charge is 0.489 e. The van der Waals surface area contributed by atoms with Crippen LogP contribution in [0.15, 0.2) is 18.2 Å². The molecule has 1 unspecified atom stereocenters. The van der Waals surface area contributed by atoms with E-state index >= 15 is 0 Å². The standard InChI is InChI=1S/C15H23FN2O2/c1-12(19)13-3-4-15(14(16)11-13)20-10-9-18-7-5-17(2)6-8-18/h3-4,11-12,19H,5-10H2,1-2H3. The summed E-state index contributed by atoms with van der Waals surface area (Å²) in [4.78, 5) is 4.62. The lowest BCUT2D eigenvalue weighted by Gasteiger charge is -2.32.